The summed E-state index contributed by atoms with van der Waals surface area (Å²) < 4.78 is 4.73. The topological polar surface area (TPSA) is 46.6 Å². The van der Waals surface area contributed by atoms with Crippen LogP contribution >= 0.6 is 11.6 Å². The Bertz CT molecular complexity index is 531. The maximum atomic E-state index is 12.1. The monoisotopic (exact) mass is 307 g/mol. The van der Waals surface area contributed by atoms with E-state index in [1.54, 1.807) is 29.2 Å². The van der Waals surface area contributed by atoms with Crippen molar-refractivity contribution in [2.45, 2.75) is 12.8 Å². The van der Waals surface area contributed by atoms with E-state index in [2.05, 4.69) is 0 Å². The minimum Gasteiger partial charge on any atom is -0.469 e. The molecule has 1 aromatic rings. The third-order valence-electron chi connectivity index (χ3n) is 3.63. The molecule has 5 heteroatoms. The number of ether oxygens (including phenoxy) is 1. The number of piperidine rings is 1. The van der Waals surface area contributed by atoms with Crippen molar-refractivity contribution in [1.29, 1.82) is 0 Å². The smallest absolute Gasteiger partial charge is 0.308 e. The fourth-order valence-corrected chi connectivity index (χ4v) is 2.48. The van der Waals surface area contributed by atoms with Crippen LogP contribution in [-0.4, -0.2) is 37.0 Å². The Labute approximate surface area is 129 Å². The van der Waals surface area contributed by atoms with Gasteiger partial charge in [-0.2, -0.15) is 0 Å². The Morgan fingerprint density at radius 2 is 1.86 bits per heavy atom. The van der Waals surface area contributed by atoms with Crippen LogP contribution in [0.5, 0.6) is 0 Å². The summed E-state index contributed by atoms with van der Waals surface area (Å²) >= 11 is 5.81. The second kappa shape index (κ2) is 7.27. The molecule has 1 aliphatic heterocycles. The van der Waals surface area contributed by atoms with E-state index in [0.29, 0.717) is 31.0 Å². The molecule has 0 aliphatic carbocycles. The molecular weight excluding hydrogens is 290 g/mol. The van der Waals surface area contributed by atoms with Crippen LogP contribution < -0.4 is 0 Å². The van der Waals surface area contributed by atoms with Gasteiger partial charge in [0.1, 0.15) is 0 Å². The fourth-order valence-electron chi connectivity index (χ4n) is 2.35. The second-order valence-corrected chi connectivity index (χ2v) is 5.44. The third kappa shape index (κ3) is 4.33. The first-order valence-electron chi connectivity index (χ1n) is 6.90. The summed E-state index contributed by atoms with van der Waals surface area (Å²) in [6, 6.07) is 7.28. The highest BCUT2D eigenvalue weighted by Crippen LogP contribution is 2.19. The van der Waals surface area contributed by atoms with Gasteiger partial charge in [0.25, 0.3) is 0 Å². The van der Waals surface area contributed by atoms with Crippen molar-refractivity contribution in [3.05, 3.63) is 40.9 Å². The van der Waals surface area contributed by atoms with Crippen LogP contribution in [-0.2, 0) is 14.3 Å². The van der Waals surface area contributed by atoms with Gasteiger partial charge in [0.15, 0.2) is 0 Å². The molecule has 1 aromatic carbocycles. The Kier molecular flexibility index (Phi) is 5.39. The normalized spacial score (nSPS) is 16.2. The lowest BCUT2D eigenvalue weighted by Gasteiger charge is -2.29. The van der Waals surface area contributed by atoms with Crippen LogP contribution in [0, 0.1) is 5.92 Å². The van der Waals surface area contributed by atoms with Crippen LogP contribution in [0.2, 0.25) is 5.02 Å². The van der Waals surface area contributed by atoms with Gasteiger partial charge >= 0.3 is 5.97 Å². The van der Waals surface area contributed by atoms with E-state index in [0.717, 1.165) is 5.56 Å². The molecule has 112 valence electrons. The molecule has 0 radical (unpaired) electrons. The molecule has 0 unspecified atom stereocenters. The number of carbonyl (C=O) groups excluding carboxylic acids is 2. The summed E-state index contributed by atoms with van der Waals surface area (Å²) in [5.74, 6) is -0.300. The number of esters is 1. The van der Waals surface area contributed by atoms with E-state index < -0.39 is 0 Å². The maximum Gasteiger partial charge on any atom is 0.308 e. The minimum atomic E-state index is -0.182. The quantitative estimate of drug-likeness (QED) is 0.637. The standard InChI is InChI=1S/C16H18ClNO3/c1-21-16(20)13-8-10-18(11-9-13)15(19)7-4-12-2-5-14(17)6-3-12/h2-7,13H,8-11H2,1H3/b7-4-. The van der Waals surface area contributed by atoms with Gasteiger partial charge < -0.3 is 9.64 Å². The van der Waals surface area contributed by atoms with Crippen LogP contribution in [0.15, 0.2) is 30.3 Å². The molecule has 0 spiro atoms. The Morgan fingerprint density at radius 1 is 1.24 bits per heavy atom. The second-order valence-electron chi connectivity index (χ2n) is 5.01. The zero-order valence-electron chi connectivity index (χ0n) is 11.9. The molecule has 1 heterocycles. The zero-order chi connectivity index (χ0) is 15.2. The number of carbonyl (C=O) groups is 2. The lowest BCUT2D eigenvalue weighted by Crippen LogP contribution is -2.39. The average Bonchev–Trinajstić information content (AvgIpc) is 2.53. The molecule has 1 amide bonds. The van der Waals surface area contributed by atoms with Gasteiger partial charge in [0.2, 0.25) is 5.91 Å². The van der Waals surface area contributed by atoms with E-state index in [1.807, 2.05) is 12.1 Å². The first-order valence-corrected chi connectivity index (χ1v) is 7.28. The molecule has 2 rings (SSSR count). The molecule has 0 atom stereocenters. The zero-order valence-corrected chi connectivity index (χ0v) is 12.7. The van der Waals surface area contributed by atoms with Gasteiger partial charge in [-0.15, -0.1) is 0 Å². The lowest BCUT2D eigenvalue weighted by molar-refractivity contribution is -0.148. The summed E-state index contributed by atoms with van der Waals surface area (Å²) in [4.78, 5) is 25.3. The van der Waals surface area contributed by atoms with E-state index >= 15 is 0 Å². The molecule has 0 N–H and O–H groups in total. The molecule has 21 heavy (non-hydrogen) atoms. The van der Waals surface area contributed by atoms with Crippen molar-refractivity contribution in [3.8, 4) is 0 Å². The van der Waals surface area contributed by atoms with Gasteiger partial charge in [-0.05, 0) is 36.6 Å². The Morgan fingerprint density at radius 3 is 2.43 bits per heavy atom. The molecule has 0 aromatic heterocycles. The average molecular weight is 308 g/mol. The van der Waals surface area contributed by atoms with Crippen molar-refractivity contribution < 1.29 is 14.3 Å². The number of likely N-dealkylation sites (tertiary alicyclic amines) is 1. The summed E-state index contributed by atoms with van der Waals surface area (Å²) in [5, 5.41) is 0.670. The van der Waals surface area contributed by atoms with E-state index in [-0.39, 0.29) is 17.8 Å². The highest BCUT2D eigenvalue weighted by atomic mass is 35.5. The van der Waals surface area contributed by atoms with Crippen molar-refractivity contribution in [2.24, 2.45) is 5.92 Å². The lowest BCUT2D eigenvalue weighted by atomic mass is 9.97. The Hall–Kier alpha value is -1.81. The summed E-state index contributed by atoms with van der Waals surface area (Å²) in [5.41, 5.74) is 0.928. The van der Waals surface area contributed by atoms with E-state index in [4.69, 9.17) is 16.3 Å². The summed E-state index contributed by atoms with van der Waals surface area (Å²) in [6.07, 6.45) is 4.65. The van der Waals surface area contributed by atoms with Crippen molar-refractivity contribution >= 4 is 29.6 Å². The molecule has 0 bridgehead atoms. The molecular formula is C16H18ClNO3. The molecule has 1 saturated heterocycles. The summed E-state index contributed by atoms with van der Waals surface area (Å²) in [6.45, 7) is 1.17. The maximum absolute atomic E-state index is 12.1. The first-order chi connectivity index (χ1) is 10.1. The number of halogens is 1. The van der Waals surface area contributed by atoms with Crippen LogP contribution in [0.4, 0.5) is 0 Å². The predicted molar refractivity (Wildman–Crippen MR) is 81.8 cm³/mol. The van der Waals surface area contributed by atoms with Gasteiger partial charge in [0, 0.05) is 24.2 Å². The minimum absolute atomic E-state index is 0.0340. The molecule has 1 fully saturated rings. The number of rotatable bonds is 3. The highest BCUT2D eigenvalue weighted by Gasteiger charge is 2.26. The van der Waals surface area contributed by atoms with Crippen molar-refractivity contribution in [1.82, 2.24) is 4.90 Å². The van der Waals surface area contributed by atoms with Crippen LogP contribution in [0.3, 0.4) is 0 Å². The predicted octanol–water partition coefficient (Wildman–Crippen LogP) is 2.76. The van der Waals surface area contributed by atoms with Crippen LogP contribution in [0.25, 0.3) is 6.08 Å². The first kappa shape index (κ1) is 15.6. The number of methoxy groups -OCH3 is 1. The molecule has 4 nitrogen and oxygen atoms in total. The third-order valence-corrected chi connectivity index (χ3v) is 3.88. The summed E-state index contributed by atoms with van der Waals surface area (Å²) in [7, 11) is 1.40. The fraction of sp³-hybridized carbons (Fsp3) is 0.375. The number of nitrogens with zero attached hydrogens (tertiary/aromatic N) is 1. The van der Waals surface area contributed by atoms with Crippen molar-refractivity contribution in [3.63, 3.8) is 0 Å². The molecule has 0 saturated carbocycles. The van der Waals surface area contributed by atoms with Gasteiger partial charge in [-0.3, -0.25) is 9.59 Å². The Balaban J connectivity index is 1.87. The van der Waals surface area contributed by atoms with E-state index in [9.17, 15) is 9.59 Å². The van der Waals surface area contributed by atoms with Gasteiger partial charge in [-0.1, -0.05) is 23.7 Å². The number of amides is 1. The number of benzene rings is 1. The van der Waals surface area contributed by atoms with Gasteiger partial charge in [-0.25, -0.2) is 0 Å². The molecule has 1 aliphatic rings. The number of hydrogen-bond donors (Lipinski definition) is 0. The highest BCUT2D eigenvalue weighted by molar-refractivity contribution is 6.30. The number of hydrogen-bond acceptors (Lipinski definition) is 3. The largest absolute Gasteiger partial charge is 0.469 e. The van der Waals surface area contributed by atoms with Crippen LogP contribution in [0.1, 0.15) is 18.4 Å². The van der Waals surface area contributed by atoms with Crippen molar-refractivity contribution in [2.75, 3.05) is 20.2 Å². The van der Waals surface area contributed by atoms with Gasteiger partial charge in [0.05, 0.1) is 13.0 Å². The van der Waals surface area contributed by atoms with E-state index in [1.165, 1.54) is 7.11 Å². The SMILES string of the molecule is COC(=O)C1CCN(C(=O)/C=C\c2ccc(Cl)cc2)CC1.